The molecule has 1 heterocycles. The highest BCUT2D eigenvalue weighted by Crippen LogP contribution is 2.32. The van der Waals surface area contributed by atoms with Crippen LogP contribution in [0.4, 0.5) is 5.69 Å². The predicted octanol–water partition coefficient (Wildman–Crippen LogP) is 3.79. The van der Waals surface area contributed by atoms with Gasteiger partial charge in [0.2, 0.25) is 11.2 Å². The van der Waals surface area contributed by atoms with Crippen LogP contribution < -0.4 is 4.74 Å². The number of nitro groups is 1. The Morgan fingerprint density at radius 1 is 1.37 bits per heavy atom. The van der Waals surface area contributed by atoms with Gasteiger partial charge in [0.1, 0.15) is 5.75 Å². The lowest BCUT2D eigenvalue weighted by Gasteiger charge is -2.08. The van der Waals surface area contributed by atoms with Gasteiger partial charge in [-0.2, -0.15) is 4.98 Å². The van der Waals surface area contributed by atoms with E-state index in [1.807, 2.05) is 0 Å². The van der Waals surface area contributed by atoms with Crippen molar-refractivity contribution in [3.05, 3.63) is 50.4 Å². The monoisotopic (exact) mass is 299 g/mol. The molecule has 1 aromatic heterocycles. The quantitative estimate of drug-likeness (QED) is 0.489. The molecule has 0 radical (unpaired) electrons. The topological polar surface area (TPSA) is 78.2 Å². The number of nitro benzene ring substituents is 1. The molecular formula is C11H7Cl2N3O3. The van der Waals surface area contributed by atoms with Crippen molar-refractivity contribution in [2.45, 2.75) is 6.92 Å². The van der Waals surface area contributed by atoms with Gasteiger partial charge in [-0.25, -0.2) is 4.98 Å². The van der Waals surface area contributed by atoms with Gasteiger partial charge in [-0.15, -0.1) is 0 Å². The molecule has 0 bridgehead atoms. The van der Waals surface area contributed by atoms with Crippen LogP contribution in [0.15, 0.2) is 24.4 Å². The lowest BCUT2D eigenvalue weighted by Crippen LogP contribution is -1.95. The number of nitrogens with zero attached hydrogens (tertiary/aromatic N) is 3. The molecule has 1 aromatic carbocycles. The minimum atomic E-state index is -0.539. The Morgan fingerprint density at radius 2 is 2.11 bits per heavy atom. The third-order valence-corrected chi connectivity index (χ3v) is 2.71. The Balaban J connectivity index is 2.33. The van der Waals surface area contributed by atoms with Gasteiger partial charge < -0.3 is 4.74 Å². The van der Waals surface area contributed by atoms with Gasteiger partial charge in [0.05, 0.1) is 9.95 Å². The van der Waals surface area contributed by atoms with E-state index in [-0.39, 0.29) is 27.6 Å². The summed E-state index contributed by atoms with van der Waals surface area (Å²) in [4.78, 5) is 17.7. The summed E-state index contributed by atoms with van der Waals surface area (Å²) >= 11 is 11.6. The molecule has 0 aliphatic rings. The summed E-state index contributed by atoms with van der Waals surface area (Å²) in [6.45, 7) is 1.74. The molecule has 0 aliphatic heterocycles. The van der Waals surface area contributed by atoms with E-state index in [1.165, 1.54) is 24.4 Å². The largest absolute Gasteiger partial charge is 0.437 e. The molecule has 0 fully saturated rings. The Labute approximate surface area is 118 Å². The SMILES string of the molecule is Cc1cnc(Cl)nc1Oc1ccc([N+](=O)[O-])cc1Cl. The highest BCUT2D eigenvalue weighted by Gasteiger charge is 2.12. The first-order valence-corrected chi connectivity index (χ1v) is 5.84. The standard InChI is InChI=1S/C11H7Cl2N3O3/c1-6-5-14-11(13)15-10(6)19-9-3-2-7(16(17)18)4-8(9)12/h2-5H,1H3. The molecule has 98 valence electrons. The average Bonchev–Trinajstić information content (AvgIpc) is 2.36. The summed E-state index contributed by atoms with van der Waals surface area (Å²) in [5.41, 5.74) is 0.550. The average molecular weight is 300 g/mol. The fourth-order valence-electron chi connectivity index (χ4n) is 1.30. The fourth-order valence-corrected chi connectivity index (χ4v) is 1.64. The van der Waals surface area contributed by atoms with Crippen LogP contribution in [0.1, 0.15) is 5.56 Å². The number of rotatable bonds is 3. The van der Waals surface area contributed by atoms with Crippen molar-refractivity contribution in [3.8, 4) is 11.6 Å². The number of halogens is 2. The van der Waals surface area contributed by atoms with Crippen molar-refractivity contribution < 1.29 is 9.66 Å². The Kier molecular flexibility index (Phi) is 3.82. The predicted molar refractivity (Wildman–Crippen MR) is 70.0 cm³/mol. The second-order valence-electron chi connectivity index (χ2n) is 3.60. The van der Waals surface area contributed by atoms with Gasteiger partial charge in [-0.3, -0.25) is 10.1 Å². The molecule has 0 aliphatic carbocycles. The fraction of sp³-hybridized carbons (Fsp3) is 0.0909. The molecular weight excluding hydrogens is 293 g/mol. The normalized spacial score (nSPS) is 10.3. The number of benzene rings is 1. The summed E-state index contributed by atoms with van der Waals surface area (Å²) in [5.74, 6) is 0.501. The van der Waals surface area contributed by atoms with E-state index in [2.05, 4.69) is 9.97 Å². The van der Waals surface area contributed by atoms with Crippen LogP contribution in [-0.2, 0) is 0 Å². The zero-order chi connectivity index (χ0) is 14.0. The molecule has 19 heavy (non-hydrogen) atoms. The number of non-ortho nitro benzene ring substituents is 1. The third kappa shape index (κ3) is 3.10. The highest BCUT2D eigenvalue weighted by molar-refractivity contribution is 6.32. The van der Waals surface area contributed by atoms with E-state index in [4.69, 9.17) is 27.9 Å². The minimum Gasteiger partial charge on any atom is -0.437 e. The molecule has 6 nitrogen and oxygen atoms in total. The molecule has 0 atom stereocenters. The van der Waals surface area contributed by atoms with Gasteiger partial charge >= 0.3 is 0 Å². The van der Waals surface area contributed by atoms with E-state index in [0.29, 0.717) is 5.56 Å². The molecule has 2 aromatic rings. The number of aryl methyl sites for hydroxylation is 1. The van der Waals surface area contributed by atoms with E-state index >= 15 is 0 Å². The third-order valence-electron chi connectivity index (χ3n) is 2.23. The van der Waals surface area contributed by atoms with Crippen LogP contribution in [0.25, 0.3) is 0 Å². The van der Waals surface area contributed by atoms with Gasteiger partial charge in [0, 0.05) is 23.9 Å². The maximum Gasteiger partial charge on any atom is 0.271 e. The number of ether oxygens (including phenoxy) is 1. The summed E-state index contributed by atoms with van der Waals surface area (Å²) < 4.78 is 5.47. The molecule has 2 rings (SSSR count). The number of hydrogen-bond donors (Lipinski definition) is 0. The number of hydrogen-bond acceptors (Lipinski definition) is 5. The van der Waals surface area contributed by atoms with E-state index < -0.39 is 4.92 Å². The van der Waals surface area contributed by atoms with Crippen LogP contribution >= 0.6 is 23.2 Å². The summed E-state index contributed by atoms with van der Waals surface area (Å²) in [7, 11) is 0. The first-order valence-electron chi connectivity index (χ1n) is 5.08. The first kappa shape index (κ1) is 13.5. The maximum atomic E-state index is 10.6. The zero-order valence-electron chi connectivity index (χ0n) is 9.63. The lowest BCUT2D eigenvalue weighted by molar-refractivity contribution is -0.384. The Hall–Kier alpha value is -1.92. The van der Waals surface area contributed by atoms with Crippen molar-refractivity contribution in [1.29, 1.82) is 0 Å². The van der Waals surface area contributed by atoms with Crippen molar-refractivity contribution in [2.24, 2.45) is 0 Å². The molecule has 8 heteroatoms. The molecule has 0 saturated heterocycles. The Bertz CT molecular complexity index is 649. The molecule has 0 amide bonds. The summed E-state index contributed by atoms with van der Waals surface area (Å²) in [5, 5.41) is 10.7. The van der Waals surface area contributed by atoms with Crippen LogP contribution in [0.3, 0.4) is 0 Å². The van der Waals surface area contributed by atoms with E-state index in [9.17, 15) is 10.1 Å². The molecule has 0 N–H and O–H groups in total. The van der Waals surface area contributed by atoms with Crippen molar-refractivity contribution in [3.63, 3.8) is 0 Å². The second kappa shape index (κ2) is 5.38. The van der Waals surface area contributed by atoms with Crippen molar-refractivity contribution in [1.82, 2.24) is 9.97 Å². The van der Waals surface area contributed by atoms with Crippen LogP contribution in [0, 0.1) is 17.0 Å². The minimum absolute atomic E-state index is 0.0404. The highest BCUT2D eigenvalue weighted by atomic mass is 35.5. The first-order chi connectivity index (χ1) is 8.97. The molecule has 0 unspecified atom stereocenters. The summed E-state index contributed by atoms with van der Waals surface area (Å²) in [6.07, 6.45) is 1.50. The number of aromatic nitrogens is 2. The van der Waals surface area contributed by atoms with Gasteiger partial charge in [0.15, 0.2) is 0 Å². The molecule has 0 spiro atoms. The van der Waals surface area contributed by atoms with Gasteiger partial charge in [-0.05, 0) is 24.6 Å². The lowest BCUT2D eigenvalue weighted by atomic mass is 10.3. The molecule has 0 saturated carbocycles. The van der Waals surface area contributed by atoms with Gasteiger partial charge in [-0.1, -0.05) is 11.6 Å². The smallest absolute Gasteiger partial charge is 0.271 e. The Morgan fingerprint density at radius 3 is 2.74 bits per heavy atom. The van der Waals surface area contributed by atoms with Crippen molar-refractivity contribution >= 4 is 28.9 Å². The van der Waals surface area contributed by atoms with Crippen molar-refractivity contribution in [2.75, 3.05) is 0 Å². The van der Waals surface area contributed by atoms with Crippen LogP contribution in [-0.4, -0.2) is 14.9 Å². The van der Waals surface area contributed by atoms with Crippen LogP contribution in [0.5, 0.6) is 11.6 Å². The van der Waals surface area contributed by atoms with E-state index in [0.717, 1.165) is 0 Å². The second-order valence-corrected chi connectivity index (χ2v) is 4.35. The van der Waals surface area contributed by atoms with Crippen LogP contribution in [0.2, 0.25) is 10.3 Å². The summed E-state index contributed by atoms with van der Waals surface area (Å²) in [6, 6.07) is 3.89. The van der Waals surface area contributed by atoms with E-state index in [1.54, 1.807) is 6.92 Å². The zero-order valence-corrected chi connectivity index (χ0v) is 11.1. The van der Waals surface area contributed by atoms with Gasteiger partial charge in [0.25, 0.3) is 5.69 Å². The maximum absolute atomic E-state index is 10.6.